The zero-order chi connectivity index (χ0) is 22.6. The molecule has 3 aromatic rings. The van der Waals surface area contributed by atoms with Crippen LogP contribution in [0.2, 0.25) is 0 Å². The summed E-state index contributed by atoms with van der Waals surface area (Å²) in [5.41, 5.74) is 4.11. The maximum absolute atomic E-state index is 12.5. The smallest absolute Gasteiger partial charge is 0.236 e. The van der Waals surface area contributed by atoms with E-state index in [4.69, 9.17) is 0 Å². The fourth-order valence-corrected chi connectivity index (χ4v) is 4.94. The number of benzene rings is 2. The summed E-state index contributed by atoms with van der Waals surface area (Å²) in [4.78, 5) is 11.5. The number of hydrogen-bond acceptors (Lipinski definition) is 6. The van der Waals surface area contributed by atoms with Gasteiger partial charge < -0.3 is 10.2 Å². The van der Waals surface area contributed by atoms with Crippen molar-refractivity contribution in [2.24, 2.45) is 0 Å². The minimum absolute atomic E-state index is 0.0627. The highest BCUT2D eigenvalue weighted by Gasteiger charge is 2.15. The second-order valence-corrected chi connectivity index (χ2v) is 10.0. The zero-order valence-electron chi connectivity index (χ0n) is 18.5. The van der Waals surface area contributed by atoms with Crippen LogP contribution in [0.5, 0.6) is 0 Å². The number of nitrogens with zero attached hydrogens (tertiary/aromatic N) is 3. The molecule has 1 fully saturated rings. The fraction of sp³-hybridized carbons (Fsp3) is 0.333. The molecule has 1 aliphatic rings. The van der Waals surface area contributed by atoms with Crippen LogP contribution in [0, 0.1) is 13.8 Å². The van der Waals surface area contributed by atoms with E-state index >= 15 is 0 Å². The number of piperidine rings is 1. The minimum atomic E-state index is -3.49. The van der Waals surface area contributed by atoms with Gasteiger partial charge in [0.2, 0.25) is 16.0 Å². The lowest BCUT2D eigenvalue weighted by Gasteiger charge is -2.27. The van der Waals surface area contributed by atoms with Gasteiger partial charge in [0.15, 0.2) is 0 Å². The Morgan fingerprint density at radius 2 is 1.53 bits per heavy atom. The molecule has 0 unspecified atom stereocenters. The average Bonchev–Trinajstić information content (AvgIpc) is 2.77. The van der Waals surface area contributed by atoms with Crippen molar-refractivity contribution in [3.05, 3.63) is 71.4 Å². The van der Waals surface area contributed by atoms with Crippen molar-refractivity contribution in [3.63, 3.8) is 0 Å². The van der Waals surface area contributed by atoms with Gasteiger partial charge in [-0.05, 0) is 62.9 Å². The normalized spacial score (nSPS) is 14.2. The van der Waals surface area contributed by atoms with Gasteiger partial charge in [0, 0.05) is 36.2 Å². The zero-order valence-corrected chi connectivity index (χ0v) is 19.3. The Hall–Kier alpha value is -3.13. The van der Waals surface area contributed by atoms with Crippen molar-refractivity contribution >= 4 is 33.2 Å². The van der Waals surface area contributed by atoms with Crippen LogP contribution < -0.4 is 14.9 Å². The number of hydrogen-bond donors (Lipinski definition) is 2. The van der Waals surface area contributed by atoms with Crippen LogP contribution in [0.1, 0.15) is 36.1 Å². The molecular formula is C24H29N5O2S. The highest BCUT2D eigenvalue weighted by molar-refractivity contribution is 7.91. The topological polar surface area (TPSA) is 87.2 Å². The molecule has 0 saturated carbocycles. The number of nitrogens with one attached hydrogen (secondary N) is 2. The summed E-state index contributed by atoms with van der Waals surface area (Å²) < 4.78 is 27.7. The van der Waals surface area contributed by atoms with Crippen LogP contribution in [-0.2, 0) is 15.8 Å². The van der Waals surface area contributed by atoms with E-state index in [9.17, 15) is 8.42 Å². The molecule has 2 N–H and O–H groups in total. The van der Waals surface area contributed by atoms with E-state index in [2.05, 4.69) is 24.9 Å². The first-order chi connectivity index (χ1) is 15.4. The molecule has 1 saturated heterocycles. The summed E-state index contributed by atoms with van der Waals surface area (Å²) in [6.45, 7) is 5.91. The maximum atomic E-state index is 12.5. The SMILES string of the molecule is Cc1ccc(CS(=O)(=O)Nc2ccc(Nc3cc(C)nc(N4CCCCC4)n3)cc2)cc1. The minimum Gasteiger partial charge on any atom is -0.341 e. The van der Waals surface area contributed by atoms with E-state index in [1.807, 2.05) is 56.3 Å². The van der Waals surface area contributed by atoms with Crippen molar-refractivity contribution < 1.29 is 8.42 Å². The molecule has 0 atom stereocenters. The molecule has 2 heterocycles. The van der Waals surface area contributed by atoms with Crippen LogP contribution in [-0.4, -0.2) is 31.5 Å². The molecule has 32 heavy (non-hydrogen) atoms. The predicted octanol–water partition coefficient (Wildman–Crippen LogP) is 4.77. The number of rotatable bonds is 7. The van der Waals surface area contributed by atoms with E-state index < -0.39 is 10.0 Å². The first-order valence-electron chi connectivity index (χ1n) is 10.9. The van der Waals surface area contributed by atoms with E-state index in [1.165, 1.54) is 19.3 Å². The third-order valence-corrected chi connectivity index (χ3v) is 6.65. The largest absolute Gasteiger partial charge is 0.341 e. The number of anilines is 4. The lowest BCUT2D eigenvalue weighted by molar-refractivity contribution is 0.568. The first kappa shape index (κ1) is 22.1. The molecule has 1 aromatic heterocycles. The van der Waals surface area contributed by atoms with Crippen molar-refractivity contribution in [1.82, 2.24) is 9.97 Å². The van der Waals surface area contributed by atoms with E-state index in [0.717, 1.165) is 47.4 Å². The van der Waals surface area contributed by atoms with Gasteiger partial charge in [-0.2, -0.15) is 4.98 Å². The van der Waals surface area contributed by atoms with Gasteiger partial charge in [0.1, 0.15) is 5.82 Å². The van der Waals surface area contributed by atoms with Crippen molar-refractivity contribution in [2.45, 2.75) is 38.9 Å². The lowest BCUT2D eigenvalue weighted by Crippen LogP contribution is -2.31. The van der Waals surface area contributed by atoms with Crippen molar-refractivity contribution in [1.29, 1.82) is 0 Å². The fourth-order valence-electron chi connectivity index (χ4n) is 3.74. The summed E-state index contributed by atoms with van der Waals surface area (Å²) in [7, 11) is -3.49. The molecular weight excluding hydrogens is 422 g/mol. The average molecular weight is 452 g/mol. The Morgan fingerprint density at radius 3 is 2.22 bits per heavy atom. The molecule has 7 nitrogen and oxygen atoms in total. The summed E-state index contributed by atoms with van der Waals surface area (Å²) in [6.07, 6.45) is 3.59. The maximum Gasteiger partial charge on any atom is 0.236 e. The Balaban J connectivity index is 1.41. The third kappa shape index (κ3) is 5.97. The van der Waals surface area contributed by atoms with Crippen LogP contribution in [0.4, 0.5) is 23.1 Å². The molecule has 8 heteroatoms. The summed E-state index contributed by atoms with van der Waals surface area (Å²) in [6, 6.07) is 16.6. The second kappa shape index (κ2) is 9.56. The standard InChI is InChI=1S/C24H29N5O2S/c1-18-6-8-20(9-7-18)17-32(30,31)28-22-12-10-21(11-13-22)26-23-16-19(2)25-24(27-23)29-14-4-3-5-15-29/h6-13,16,28H,3-5,14-15,17H2,1-2H3,(H,25,26,27). The van der Waals surface area contributed by atoms with Gasteiger partial charge in [-0.3, -0.25) is 4.72 Å². The second-order valence-electron chi connectivity index (χ2n) is 8.29. The lowest BCUT2D eigenvalue weighted by atomic mass is 10.1. The van der Waals surface area contributed by atoms with Gasteiger partial charge in [-0.1, -0.05) is 29.8 Å². The Labute approximate surface area is 190 Å². The van der Waals surface area contributed by atoms with Crippen molar-refractivity contribution in [3.8, 4) is 0 Å². The Kier molecular flexibility index (Phi) is 6.60. The molecule has 0 bridgehead atoms. The van der Waals surface area contributed by atoms with Gasteiger partial charge in [-0.15, -0.1) is 0 Å². The molecule has 0 amide bonds. The summed E-state index contributed by atoms with van der Waals surface area (Å²) >= 11 is 0. The highest BCUT2D eigenvalue weighted by Crippen LogP contribution is 2.23. The first-order valence-corrected chi connectivity index (χ1v) is 12.6. The Morgan fingerprint density at radius 1 is 0.875 bits per heavy atom. The number of sulfonamides is 1. The van der Waals surface area contributed by atoms with Crippen LogP contribution >= 0.6 is 0 Å². The summed E-state index contributed by atoms with van der Waals surface area (Å²) in [5, 5.41) is 3.30. The molecule has 2 aromatic carbocycles. The summed E-state index contributed by atoms with van der Waals surface area (Å²) in [5.74, 6) is 1.42. The van der Waals surface area contributed by atoms with Crippen LogP contribution in [0.3, 0.4) is 0 Å². The molecule has 0 radical (unpaired) electrons. The van der Waals surface area contributed by atoms with Gasteiger partial charge >= 0.3 is 0 Å². The van der Waals surface area contributed by atoms with Gasteiger partial charge in [-0.25, -0.2) is 13.4 Å². The number of aromatic nitrogens is 2. The van der Waals surface area contributed by atoms with Crippen LogP contribution in [0.25, 0.3) is 0 Å². The van der Waals surface area contributed by atoms with E-state index in [1.54, 1.807) is 12.1 Å². The predicted molar refractivity (Wildman–Crippen MR) is 130 cm³/mol. The van der Waals surface area contributed by atoms with Crippen molar-refractivity contribution in [2.75, 3.05) is 28.0 Å². The monoisotopic (exact) mass is 451 g/mol. The molecule has 1 aliphatic heterocycles. The third-order valence-electron chi connectivity index (χ3n) is 5.39. The quantitative estimate of drug-likeness (QED) is 0.538. The van der Waals surface area contributed by atoms with Gasteiger partial charge in [0.25, 0.3) is 0 Å². The number of aryl methyl sites for hydroxylation is 2. The molecule has 168 valence electrons. The highest BCUT2D eigenvalue weighted by atomic mass is 32.2. The van der Waals surface area contributed by atoms with E-state index in [-0.39, 0.29) is 5.75 Å². The van der Waals surface area contributed by atoms with Crippen LogP contribution in [0.15, 0.2) is 54.6 Å². The van der Waals surface area contributed by atoms with E-state index in [0.29, 0.717) is 5.69 Å². The van der Waals surface area contributed by atoms with Gasteiger partial charge in [0.05, 0.1) is 5.75 Å². The molecule has 4 rings (SSSR count). The Bertz CT molecular complexity index is 1160. The molecule has 0 spiro atoms. The molecule has 0 aliphatic carbocycles.